The third-order valence-electron chi connectivity index (χ3n) is 4.87. The van der Waals surface area contributed by atoms with E-state index in [2.05, 4.69) is 35.2 Å². The summed E-state index contributed by atoms with van der Waals surface area (Å²) in [7, 11) is 0. The molecule has 144 valence electrons. The molecular weight excluding hydrogens is 325 g/mol. The fraction of sp³-hybridized carbons (Fsp3) is 0.545. The van der Waals surface area contributed by atoms with Crippen LogP contribution in [0.2, 0.25) is 0 Å². The number of hydrogen-bond donors (Lipinski definition) is 1. The summed E-state index contributed by atoms with van der Waals surface area (Å²) in [5, 5.41) is 3.32. The van der Waals surface area contributed by atoms with Crippen LogP contribution >= 0.6 is 0 Å². The van der Waals surface area contributed by atoms with Crippen molar-refractivity contribution < 1.29 is 4.39 Å². The topological polar surface area (TPSA) is 18.5 Å². The molecular formula is C22H34FN3. The molecule has 0 amide bonds. The van der Waals surface area contributed by atoms with Gasteiger partial charge in [0.05, 0.1) is 11.4 Å². The van der Waals surface area contributed by atoms with Crippen LogP contribution < -0.4 is 15.1 Å². The van der Waals surface area contributed by atoms with E-state index in [1.54, 1.807) is 6.07 Å². The van der Waals surface area contributed by atoms with Gasteiger partial charge >= 0.3 is 0 Å². The minimum atomic E-state index is -0.146. The molecule has 0 aromatic heterocycles. The number of halogens is 1. The van der Waals surface area contributed by atoms with Crippen molar-refractivity contribution in [3.8, 4) is 0 Å². The van der Waals surface area contributed by atoms with E-state index in [9.17, 15) is 4.39 Å². The normalized spacial score (nSPS) is 16.5. The molecule has 2 fully saturated rings. The largest absolute Gasteiger partial charge is 0.367 e. The molecule has 3 nitrogen and oxygen atoms in total. The van der Waals surface area contributed by atoms with Crippen molar-refractivity contribution >= 4 is 16.9 Å². The van der Waals surface area contributed by atoms with E-state index in [1.165, 1.54) is 12.8 Å². The average Bonchev–Trinajstić information content (AvgIpc) is 3.51. The summed E-state index contributed by atoms with van der Waals surface area (Å²) in [6.07, 6.45) is 6.12. The molecule has 1 heterocycles. The Morgan fingerprint density at radius 1 is 1.31 bits per heavy atom. The van der Waals surface area contributed by atoms with E-state index in [4.69, 9.17) is 0 Å². The van der Waals surface area contributed by atoms with Gasteiger partial charge in [-0.15, -0.1) is 0 Å². The zero-order valence-electron chi connectivity index (χ0n) is 16.7. The highest BCUT2D eigenvalue weighted by molar-refractivity contribution is 5.80. The fourth-order valence-corrected chi connectivity index (χ4v) is 3.43. The second-order valence-electron chi connectivity index (χ2n) is 6.73. The first-order valence-corrected chi connectivity index (χ1v) is 10.0. The highest BCUT2D eigenvalue weighted by Gasteiger charge is 2.30. The predicted octanol–water partition coefficient (Wildman–Crippen LogP) is 5.19. The van der Waals surface area contributed by atoms with Crippen LogP contribution in [0.15, 0.2) is 31.5 Å². The molecule has 0 spiro atoms. The summed E-state index contributed by atoms with van der Waals surface area (Å²) in [5.74, 6) is -0.146. The van der Waals surface area contributed by atoms with Crippen molar-refractivity contribution in [1.29, 1.82) is 0 Å². The van der Waals surface area contributed by atoms with Gasteiger partial charge in [0.15, 0.2) is 0 Å². The Balaban J connectivity index is 0.00000117. The predicted molar refractivity (Wildman–Crippen MR) is 112 cm³/mol. The van der Waals surface area contributed by atoms with Crippen LogP contribution in [0.4, 0.5) is 15.8 Å². The lowest BCUT2D eigenvalue weighted by Crippen LogP contribution is -2.44. The molecule has 1 aliphatic carbocycles. The average molecular weight is 360 g/mol. The SMILES string of the molecule is C=CN(c1cc(N2CCNCC2)c(F)cc1C(=C)CCC)C1CC1.CC. The molecule has 2 aliphatic rings. The van der Waals surface area contributed by atoms with Gasteiger partial charge in [0, 0.05) is 37.8 Å². The Bertz CT molecular complexity index is 616. The van der Waals surface area contributed by atoms with Gasteiger partial charge in [-0.1, -0.05) is 40.3 Å². The van der Waals surface area contributed by atoms with E-state index in [0.29, 0.717) is 11.7 Å². The second kappa shape index (κ2) is 9.77. The van der Waals surface area contributed by atoms with Gasteiger partial charge < -0.3 is 15.1 Å². The highest BCUT2D eigenvalue weighted by atomic mass is 19.1. The van der Waals surface area contributed by atoms with Gasteiger partial charge in [-0.3, -0.25) is 0 Å². The lowest BCUT2D eigenvalue weighted by atomic mass is 9.99. The zero-order valence-corrected chi connectivity index (χ0v) is 16.7. The molecule has 0 radical (unpaired) electrons. The van der Waals surface area contributed by atoms with Crippen LogP contribution in [0.1, 0.15) is 52.0 Å². The van der Waals surface area contributed by atoms with Gasteiger partial charge in [0.1, 0.15) is 5.82 Å². The van der Waals surface area contributed by atoms with Crippen molar-refractivity contribution in [2.45, 2.75) is 52.5 Å². The number of rotatable bonds is 7. The number of hydrogen-bond acceptors (Lipinski definition) is 3. The second-order valence-corrected chi connectivity index (χ2v) is 6.73. The Morgan fingerprint density at radius 3 is 2.50 bits per heavy atom. The van der Waals surface area contributed by atoms with E-state index in [-0.39, 0.29) is 5.82 Å². The van der Waals surface area contributed by atoms with Crippen LogP contribution in [0.3, 0.4) is 0 Å². The fourth-order valence-electron chi connectivity index (χ4n) is 3.43. The van der Waals surface area contributed by atoms with Crippen LogP contribution in [0.5, 0.6) is 0 Å². The van der Waals surface area contributed by atoms with E-state index < -0.39 is 0 Å². The standard InChI is InChI=1S/C20H28FN3.C2H6/c1-4-6-15(3)17-13-18(21)20(23-11-9-22-10-12-23)14-19(17)24(5-2)16-7-8-16;1-2/h5,13-14,16,22H,2-4,6-12H2,1H3;1-2H3. The number of anilines is 2. The van der Waals surface area contributed by atoms with Crippen molar-refractivity contribution in [3.05, 3.63) is 42.9 Å². The molecule has 1 aliphatic heterocycles. The lowest BCUT2D eigenvalue weighted by Gasteiger charge is -2.32. The number of nitrogens with zero attached hydrogens (tertiary/aromatic N) is 2. The van der Waals surface area contributed by atoms with Crippen LogP contribution in [0.25, 0.3) is 5.57 Å². The number of benzene rings is 1. The molecule has 1 aromatic rings. The first-order valence-electron chi connectivity index (χ1n) is 10.0. The number of piperazine rings is 1. The van der Waals surface area contributed by atoms with E-state index in [0.717, 1.165) is 55.8 Å². The third kappa shape index (κ3) is 4.67. The van der Waals surface area contributed by atoms with Crippen molar-refractivity contribution in [2.75, 3.05) is 36.0 Å². The van der Waals surface area contributed by atoms with Crippen LogP contribution in [0, 0.1) is 5.82 Å². The maximum absolute atomic E-state index is 14.9. The Kier molecular flexibility index (Phi) is 7.70. The minimum Gasteiger partial charge on any atom is -0.367 e. The maximum atomic E-state index is 14.9. The minimum absolute atomic E-state index is 0.146. The summed E-state index contributed by atoms with van der Waals surface area (Å²) in [6.45, 7) is 17.8. The molecule has 0 atom stereocenters. The molecule has 3 rings (SSSR count). The first kappa shape index (κ1) is 20.5. The third-order valence-corrected chi connectivity index (χ3v) is 4.87. The zero-order chi connectivity index (χ0) is 19.1. The van der Waals surface area contributed by atoms with Gasteiger partial charge in [0.2, 0.25) is 0 Å². The molecule has 4 heteroatoms. The Hall–Kier alpha value is -1.81. The van der Waals surface area contributed by atoms with Gasteiger partial charge in [-0.05, 0) is 43.2 Å². The smallest absolute Gasteiger partial charge is 0.147 e. The van der Waals surface area contributed by atoms with E-state index in [1.807, 2.05) is 26.1 Å². The van der Waals surface area contributed by atoms with Crippen molar-refractivity contribution in [3.63, 3.8) is 0 Å². The maximum Gasteiger partial charge on any atom is 0.147 e. The summed E-state index contributed by atoms with van der Waals surface area (Å²) in [4.78, 5) is 4.34. The number of allylic oxidation sites excluding steroid dienone is 1. The quantitative estimate of drug-likeness (QED) is 0.723. The van der Waals surface area contributed by atoms with Crippen molar-refractivity contribution in [2.24, 2.45) is 0 Å². The van der Waals surface area contributed by atoms with Crippen LogP contribution in [-0.4, -0.2) is 32.2 Å². The summed E-state index contributed by atoms with van der Waals surface area (Å²) in [5.41, 5.74) is 3.69. The van der Waals surface area contributed by atoms with Gasteiger partial charge in [0.25, 0.3) is 0 Å². The molecule has 0 unspecified atom stereocenters. The monoisotopic (exact) mass is 359 g/mol. The Labute approximate surface area is 158 Å². The molecule has 1 saturated carbocycles. The van der Waals surface area contributed by atoms with Crippen LogP contribution in [-0.2, 0) is 0 Å². The number of nitrogens with one attached hydrogen (secondary N) is 1. The highest BCUT2D eigenvalue weighted by Crippen LogP contribution is 2.40. The summed E-state index contributed by atoms with van der Waals surface area (Å²) >= 11 is 0. The molecule has 1 N–H and O–H groups in total. The van der Waals surface area contributed by atoms with E-state index >= 15 is 0 Å². The Morgan fingerprint density at radius 2 is 1.96 bits per heavy atom. The van der Waals surface area contributed by atoms with Gasteiger partial charge in [-0.25, -0.2) is 4.39 Å². The molecule has 1 aromatic carbocycles. The summed E-state index contributed by atoms with van der Waals surface area (Å²) in [6, 6.07) is 4.19. The molecule has 26 heavy (non-hydrogen) atoms. The first-order chi connectivity index (χ1) is 12.7. The van der Waals surface area contributed by atoms with Gasteiger partial charge in [-0.2, -0.15) is 0 Å². The summed E-state index contributed by atoms with van der Waals surface area (Å²) < 4.78 is 14.9. The van der Waals surface area contributed by atoms with Crippen molar-refractivity contribution in [1.82, 2.24) is 5.32 Å². The molecule has 1 saturated heterocycles. The molecule has 0 bridgehead atoms. The lowest BCUT2D eigenvalue weighted by molar-refractivity contribution is 0.566.